The number of aromatic nitrogens is 2. The first kappa shape index (κ1) is 18.5. The fourth-order valence-corrected chi connectivity index (χ4v) is 3.11. The summed E-state index contributed by atoms with van der Waals surface area (Å²) in [7, 11) is 0. The SMILES string of the molecule is Cc1nn(Cc2ccccc2)c(C)c1CNC(=O)C1CCCN1.Cl. The first-order valence-corrected chi connectivity index (χ1v) is 8.23. The third-order valence-corrected chi connectivity index (χ3v) is 4.52. The Balaban J connectivity index is 0.00000208. The quantitative estimate of drug-likeness (QED) is 0.872. The summed E-state index contributed by atoms with van der Waals surface area (Å²) < 4.78 is 2.01. The van der Waals surface area contributed by atoms with Crippen molar-refractivity contribution in [2.45, 2.75) is 45.8 Å². The number of nitrogens with one attached hydrogen (secondary N) is 2. The van der Waals surface area contributed by atoms with Crippen LogP contribution in [0.1, 0.15) is 35.4 Å². The van der Waals surface area contributed by atoms with Crippen molar-refractivity contribution in [3.8, 4) is 0 Å². The number of aryl methyl sites for hydroxylation is 1. The molecule has 0 bridgehead atoms. The lowest BCUT2D eigenvalue weighted by molar-refractivity contribution is -0.122. The van der Waals surface area contributed by atoms with E-state index < -0.39 is 0 Å². The molecule has 1 fully saturated rings. The molecule has 1 aromatic carbocycles. The number of carbonyl (C=O) groups excluding carboxylic acids is 1. The van der Waals surface area contributed by atoms with Gasteiger partial charge in [-0.1, -0.05) is 30.3 Å². The molecule has 2 heterocycles. The molecule has 0 radical (unpaired) electrons. The maximum absolute atomic E-state index is 12.1. The minimum absolute atomic E-state index is 0. The Hall–Kier alpha value is -1.85. The summed E-state index contributed by atoms with van der Waals surface area (Å²) in [6.45, 7) is 6.31. The van der Waals surface area contributed by atoms with Crippen LogP contribution in [0.3, 0.4) is 0 Å². The third kappa shape index (κ3) is 4.16. The monoisotopic (exact) mass is 348 g/mol. The average molecular weight is 349 g/mol. The van der Waals surface area contributed by atoms with Gasteiger partial charge in [-0.3, -0.25) is 9.48 Å². The summed E-state index contributed by atoms with van der Waals surface area (Å²) in [5, 5.41) is 10.9. The van der Waals surface area contributed by atoms with E-state index in [1.165, 1.54) is 5.56 Å². The first-order chi connectivity index (χ1) is 11.1. The minimum atomic E-state index is -0.0324. The highest BCUT2D eigenvalue weighted by Crippen LogP contribution is 2.15. The number of hydrogen-bond acceptors (Lipinski definition) is 3. The molecule has 1 amide bonds. The van der Waals surface area contributed by atoms with E-state index in [9.17, 15) is 4.79 Å². The summed E-state index contributed by atoms with van der Waals surface area (Å²) in [6, 6.07) is 10.3. The smallest absolute Gasteiger partial charge is 0.237 e. The highest BCUT2D eigenvalue weighted by Gasteiger charge is 2.22. The maximum atomic E-state index is 12.1. The molecule has 1 saturated heterocycles. The number of rotatable bonds is 5. The number of amides is 1. The summed E-state index contributed by atoms with van der Waals surface area (Å²) >= 11 is 0. The molecule has 130 valence electrons. The fourth-order valence-electron chi connectivity index (χ4n) is 3.11. The molecule has 6 heteroatoms. The zero-order chi connectivity index (χ0) is 16.2. The van der Waals surface area contributed by atoms with E-state index in [4.69, 9.17) is 0 Å². The average Bonchev–Trinajstić information content (AvgIpc) is 3.17. The van der Waals surface area contributed by atoms with Gasteiger partial charge in [0.05, 0.1) is 18.3 Å². The van der Waals surface area contributed by atoms with Crippen LogP contribution < -0.4 is 10.6 Å². The molecule has 0 saturated carbocycles. The Morgan fingerprint density at radius 1 is 1.33 bits per heavy atom. The van der Waals surface area contributed by atoms with Gasteiger partial charge in [0.1, 0.15) is 0 Å². The zero-order valence-electron chi connectivity index (χ0n) is 14.2. The Morgan fingerprint density at radius 2 is 2.08 bits per heavy atom. The van der Waals surface area contributed by atoms with Crippen molar-refractivity contribution in [3.05, 3.63) is 52.8 Å². The standard InChI is InChI=1S/C18H24N4O.ClH/c1-13-16(11-20-18(23)17-9-6-10-19-17)14(2)22(21-13)12-15-7-4-3-5-8-15;/h3-5,7-8,17,19H,6,9-12H2,1-2H3,(H,20,23);1H. The van der Waals surface area contributed by atoms with Crippen molar-refractivity contribution in [1.82, 2.24) is 20.4 Å². The largest absolute Gasteiger partial charge is 0.351 e. The van der Waals surface area contributed by atoms with Crippen LogP contribution in [0.15, 0.2) is 30.3 Å². The van der Waals surface area contributed by atoms with Gasteiger partial charge in [0, 0.05) is 17.8 Å². The molecule has 1 unspecified atom stereocenters. The van der Waals surface area contributed by atoms with E-state index in [1.54, 1.807) is 0 Å². The lowest BCUT2D eigenvalue weighted by atomic mass is 10.1. The van der Waals surface area contributed by atoms with Crippen LogP contribution in [-0.2, 0) is 17.9 Å². The van der Waals surface area contributed by atoms with Crippen LogP contribution in [0.25, 0.3) is 0 Å². The molecule has 5 nitrogen and oxygen atoms in total. The first-order valence-electron chi connectivity index (χ1n) is 8.23. The second-order valence-electron chi connectivity index (χ2n) is 6.16. The number of benzene rings is 1. The van der Waals surface area contributed by atoms with Crippen molar-refractivity contribution in [1.29, 1.82) is 0 Å². The van der Waals surface area contributed by atoms with Crippen LogP contribution in [0.5, 0.6) is 0 Å². The number of nitrogens with zero attached hydrogens (tertiary/aromatic N) is 2. The Labute approximate surface area is 149 Å². The Kier molecular flexibility index (Phi) is 6.40. The Bertz CT molecular complexity index is 678. The van der Waals surface area contributed by atoms with Crippen LogP contribution in [0.4, 0.5) is 0 Å². The van der Waals surface area contributed by atoms with Gasteiger partial charge in [0.25, 0.3) is 0 Å². The highest BCUT2D eigenvalue weighted by atomic mass is 35.5. The van der Waals surface area contributed by atoms with Crippen LogP contribution in [-0.4, -0.2) is 28.3 Å². The lowest BCUT2D eigenvalue weighted by Crippen LogP contribution is -2.40. The van der Waals surface area contributed by atoms with E-state index in [1.807, 2.05) is 29.8 Å². The second-order valence-corrected chi connectivity index (χ2v) is 6.16. The van der Waals surface area contributed by atoms with E-state index in [2.05, 4.69) is 34.8 Å². The highest BCUT2D eigenvalue weighted by molar-refractivity contribution is 5.85. The molecule has 24 heavy (non-hydrogen) atoms. The summed E-state index contributed by atoms with van der Waals surface area (Å²) in [5.74, 6) is 0.0945. The van der Waals surface area contributed by atoms with Crippen molar-refractivity contribution in [2.75, 3.05) is 6.54 Å². The van der Waals surface area contributed by atoms with Crippen molar-refractivity contribution in [2.24, 2.45) is 0 Å². The molecule has 1 aromatic heterocycles. The molecule has 1 aliphatic rings. The number of hydrogen-bond donors (Lipinski definition) is 2. The van der Waals surface area contributed by atoms with Crippen LogP contribution in [0.2, 0.25) is 0 Å². The lowest BCUT2D eigenvalue weighted by Gasteiger charge is -2.11. The summed E-state index contributed by atoms with van der Waals surface area (Å²) in [5.41, 5.74) is 4.44. The molecule has 0 aliphatic carbocycles. The molecule has 1 aliphatic heterocycles. The van der Waals surface area contributed by atoms with E-state index >= 15 is 0 Å². The molecule has 2 aromatic rings. The van der Waals surface area contributed by atoms with Gasteiger partial charge in [-0.05, 0) is 38.8 Å². The zero-order valence-corrected chi connectivity index (χ0v) is 15.0. The minimum Gasteiger partial charge on any atom is -0.351 e. The number of halogens is 1. The van der Waals surface area contributed by atoms with E-state index in [-0.39, 0.29) is 24.4 Å². The normalized spacial score (nSPS) is 16.7. The van der Waals surface area contributed by atoms with Gasteiger partial charge in [-0.25, -0.2) is 0 Å². The predicted molar refractivity (Wildman–Crippen MR) is 97.4 cm³/mol. The van der Waals surface area contributed by atoms with Gasteiger partial charge in [0.15, 0.2) is 0 Å². The fraction of sp³-hybridized carbons (Fsp3) is 0.444. The summed E-state index contributed by atoms with van der Waals surface area (Å²) in [6.07, 6.45) is 2.00. The topological polar surface area (TPSA) is 59.0 Å². The van der Waals surface area contributed by atoms with Gasteiger partial charge in [-0.15, -0.1) is 12.4 Å². The molecule has 2 N–H and O–H groups in total. The van der Waals surface area contributed by atoms with Crippen molar-refractivity contribution < 1.29 is 4.79 Å². The predicted octanol–water partition coefficient (Wildman–Crippen LogP) is 2.34. The van der Waals surface area contributed by atoms with Crippen molar-refractivity contribution >= 4 is 18.3 Å². The van der Waals surface area contributed by atoms with Gasteiger partial charge >= 0.3 is 0 Å². The van der Waals surface area contributed by atoms with E-state index in [0.717, 1.165) is 42.9 Å². The molecule has 0 spiro atoms. The molecule has 1 atom stereocenters. The van der Waals surface area contributed by atoms with Gasteiger partial charge < -0.3 is 10.6 Å². The van der Waals surface area contributed by atoms with Crippen molar-refractivity contribution in [3.63, 3.8) is 0 Å². The second kappa shape index (κ2) is 8.31. The van der Waals surface area contributed by atoms with Gasteiger partial charge in [0.2, 0.25) is 5.91 Å². The molecular formula is C18H25ClN4O. The van der Waals surface area contributed by atoms with Gasteiger partial charge in [-0.2, -0.15) is 5.10 Å². The van der Waals surface area contributed by atoms with Crippen LogP contribution >= 0.6 is 12.4 Å². The maximum Gasteiger partial charge on any atom is 0.237 e. The van der Waals surface area contributed by atoms with E-state index in [0.29, 0.717) is 6.54 Å². The summed E-state index contributed by atoms with van der Waals surface area (Å²) in [4.78, 5) is 12.1. The Morgan fingerprint density at radius 3 is 2.75 bits per heavy atom. The molecular weight excluding hydrogens is 324 g/mol. The molecule has 3 rings (SSSR count). The third-order valence-electron chi connectivity index (χ3n) is 4.52. The van der Waals surface area contributed by atoms with Crippen LogP contribution in [0, 0.1) is 13.8 Å². The number of carbonyl (C=O) groups is 1.